The molecule has 0 aliphatic heterocycles. The van der Waals surface area contributed by atoms with Gasteiger partial charge in [0.25, 0.3) is 5.91 Å². The van der Waals surface area contributed by atoms with Gasteiger partial charge < -0.3 is 10.6 Å². The van der Waals surface area contributed by atoms with E-state index >= 15 is 0 Å². The van der Waals surface area contributed by atoms with Crippen molar-refractivity contribution in [1.82, 2.24) is 20.3 Å². The molecule has 0 bridgehead atoms. The zero-order valence-corrected chi connectivity index (χ0v) is 17.3. The van der Waals surface area contributed by atoms with Gasteiger partial charge in [-0.3, -0.25) is 9.78 Å². The minimum atomic E-state index is -0.217. The van der Waals surface area contributed by atoms with Crippen LogP contribution in [0.5, 0.6) is 0 Å². The summed E-state index contributed by atoms with van der Waals surface area (Å²) in [5.74, 6) is 0.997. The predicted molar refractivity (Wildman–Crippen MR) is 115 cm³/mol. The maximum Gasteiger partial charge on any atom is 0.254 e. The summed E-state index contributed by atoms with van der Waals surface area (Å²) in [6.07, 6.45) is 6.51. The van der Waals surface area contributed by atoms with E-state index in [0.29, 0.717) is 29.9 Å². The van der Waals surface area contributed by atoms with E-state index in [1.165, 1.54) is 11.1 Å². The zero-order chi connectivity index (χ0) is 20.8. The van der Waals surface area contributed by atoms with Crippen molar-refractivity contribution in [2.45, 2.75) is 46.1 Å². The Balaban J connectivity index is 1.73. The van der Waals surface area contributed by atoms with Crippen LogP contribution in [0.15, 0.2) is 55.1 Å². The Labute approximate surface area is 171 Å². The second-order valence-corrected chi connectivity index (χ2v) is 7.59. The number of carbonyl (C=O) groups excluding carboxylic acids is 1. The van der Waals surface area contributed by atoms with Crippen LogP contribution in [-0.2, 0) is 6.54 Å². The van der Waals surface area contributed by atoms with Crippen LogP contribution >= 0.6 is 0 Å². The van der Waals surface area contributed by atoms with E-state index < -0.39 is 0 Å². The van der Waals surface area contributed by atoms with Gasteiger partial charge in [-0.15, -0.1) is 0 Å². The Bertz CT molecular complexity index is 927. The standard InChI is InChI=1S/C23H27N5O/c1-15(2)19-8-5-9-20(16(3)4)21(19)28-23-26-13-18(14-27-23)22(29)25-12-17-7-6-10-24-11-17/h5-11,13-16H,12H2,1-4H3,(H,25,29)(H,26,27,28). The van der Waals surface area contributed by atoms with Crippen molar-refractivity contribution < 1.29 is 4.79 Å². The number of hydrogen-bond acceptors (Lipinski definition) is 5. The second-order valence-electron chi connectivity index (χ2n) is 7.59. The number of benzene rings is 1. The minimum Gasteiger partial charge on any atom is -0.348 e. The van der Waals surface area contributed by atoms with Gasteiger partial charge in [0.2, 0.25) is 5.95 Å². The number of hydrogen-bond donors (Lipinski definition) is 2. The van der Waals surface area contributed by atoms with Crippen molar-refractivity contribution in [2.24, 2.45) is 0 Å². The number of amides is 1. The molecule has 0 fully saturated rings. The van der Waals surface area contributed by atoms with Gasteiger partial charge in [-0.1, -0.05) is 52.0 Å². The molecule has 6 nitrogen and oxygen atoms in total. The number of aromatic nitrogens is 3. The molecule has 0 atom stereocenters. The van der Waals surface area contributed by atoms with Crippen LogP contribution in [0, 0.1) is 0 Å². The van der Waals surface area contributed by atoms with E-state index in [9.17, 15) is 4.79 Å². The maximum absolute atomic E-state index is 12.3. The molecule has 0 radical (unpaired) electrons. The van der Waals surface area contributed by atoms with Crippen molar-refractivity contribution in [3.05, 3.63) is 77.4 Å². The van der Waals surface area contributed by atoms with Crippen LogP contribution in [0.3, 0.4) is 0 Å². The first-order valence-electron chi connectivity index (χ1n) is 9.84. The number of pyridine rings is 1. The fourth-order valence-electron chi connectivity index (χ4n) is 3.10. The fraction of sp³-hybridized carbons (Fsp3) is 0.304. The lowest BCUT2D eigenvalue weighted by atomic mass is 9.93. The van der Waals surface area contributed by atoms with E-state index in [0.717, 1.165) is 11.3 Å². The van der Waals surface area contributed by atoms with Crippen LogP contribution in [0.1, 0.15) is 66.6 Å². The molecular formula is C23H27N5O. The predicted octanol–water partition coefficient (Wildman–Crippen LogP) is 4.79. The largest absolute Gasteiger partial charge is 0.348 e. The highest BCUT2D eigenvalue weighted by Crippen LogP contribution is 2.33. The summed E-state index contributed by atoms with van der Waals surface area (Å²) < 4.78 is 0. The molecule has 6 heteroatoms. The number of carbonyl (C=O) groups is 1. The first-order valence-corrected chi connectivity index (χ1v) is 9.84. The Kier molecular flexibility index (Phi) is 6.54. The molecule has 2 heterocycles. The molecule has 0 saturated heterocycles. The highest BCUT2D eigenvalue weighted by molar-refractivity contribution is 5.93. The van der Waals surface area contributed by atoms with Crippen molar-refractivity contribution >= 4 is 17.5 Å². The van der Waals surface area contributed by atoms with Crippen molar-refractivity contribution in [1.29, 1.82) is 0 Å². The summed E-state index contributed by atoms with van der Waals surface area (Å²) in [6, 6.07) is 10.1. The second kappa shape index (κ2) is 9.28. The SMILES string of the molecule is CC(C)c1cccc(C(C)C)c1Nc1ncc(C(=O)NCc2cccnc2)cn1. The normalized spacial score (nSPS) is 11.0. The van der Waals surface area contributed by atoms with Crippen LogP contribution in [0.4, 0.5) is 11.6 Å². The molecule has 3 rings (SSSR count). The summed E-state index contributed by atoms with van der Waals surface area (Å²) in [5.41, 5.74) is 4.84. The van der Waals surface area contributed by atoms with Crippen molar-refractivity contribution in [2.75, 3.05) is 5.32 Å². The van der Waals surface area contributed by atoms with E-state index in [2.05, 4.69) is 71.5 Å². The fourth-order valence-corrected chi connectivity index (χ4v) is 3.10. The van der Waals surface area contributed by atoms with Crippen LogP contribution in [-0.4, -0.2) is 20.9 Å². The van der Waals surface area contributed by atoms with E-state index in [4.69, 9.17) is 0 Å². The molecule has 3 aromatic rings. The minimum absolute atomic E-state index is 0.217. The maximum atomic E-state index is 12.3. The van der Waals surface area contributed by atoms with Gasteiger partial charge in [-0.25, -0.2) is 9.97 Å². The molecule has 1 amide bonds. The van der Waals surface area contributed by atoms with Gasteiger partial charge in [-0.2, -0.15) is 0 Å². The monoisotopic (exact) mass is 389 g/mol. The smallest absolute Gasteiger partial charge is 0.254 e. The Morgan fingerprint density at radius 2 is 1.59 bits per heavy atom. The van der Waals surface area contributed by atoms with Gasteiger partial charge >= 0.3 is 0 Å². The molecule has 0 spiro atoms. The number of anilines is 2. The molecular weight excluding hydrogens is 362 g/mol. The van der Waals surface area contributed by atoms with E-state index in [1.54, 1.807) is 24.8 Å². The van der Waals surface area contributed by atoms with Crippen LogP contribution in [0.25, 0.3) is 0 Å². The van der Waals surface area contributed by atoms with E-state index in [1.807, 2.05) is 12.1 Å². The Morgan fingerprint density at radius 3 is 2.14 bits per heavy atom. The lowest BCUT2D eigenvalue weighted by molar-refractivity contribution is 0.0950. The summed E-state index contributed by atoms with van der Waals surface area (Å²) >= 11 is 0. The topological polar surface area (TPSA) is 79.8 Å². The summed E-state index contributed by atoms with van der Waals surface area (Å²) in [5, 5.41) is 6.22. The molecule has 2 aromatic heterocycles. The average molecular weight is 390 g/mol. The quantitative estimate of drug-likeness (QED) is 0.607. The van der Waals surface area contributed by atoms with Crippen molar-refractivity contribution in [3.63, 3.8) is 0 Å². The highest BCUT2D eigenvalue weighted by atomic mass is 16.1. The van der Waals surface area contributed by atoms with Gasteiger partial charge in [-0.05, 0) is 34.6 Å². The van der Waals surface area contributed by atoms with E-state index in [-0.39, 0.29) is 5.91 Å². The lowest BCUT2D eigenvalue weighted by Crippen LogP contribution is -2.23. The highest BCUT2D eigenvalue weighted by Gasteiger charge is 2.15. The summed E-state index contributed by atoms with van der Waals surface area (Å²) in [6.45, 7) is 9.08. The van der Waals surface area contributed by atoms with Gasteiger partial charge in [0.15, 0.2) is 0 Å². The molecule has 0 aliphatic carbocycles. The molecule has 0 saturated carbocycles. The van der Waals surface area contributed by atoms with Gasteiger partial charge in [0.05, 0.1) is 5.56 Å². The number of nitrogens with one attached hydrogen (secondary N) is 2. The summed E-state index contributed by atoms with van der Waals surface area (Å²) in [7, 11) is 0. The third kappa shape index (κ3) is 5.16. The van der Waals surface area contributed by atoms with Gasteiger partial charge in [0.1, 0.15) is 0 Å². The molecule has 0 aliphatic rings. The average Bonchev–Trinajstić information content (AvgIpc) is 2.73. The lowest BCUT2D eigenvalue weighted by Gasteiger charge is -2.20. The first-order chi connectivity index (χ1) is 14.0. The molecule has 1 aromatic carbocycles. The summed E-state index contributed by atoms with van der Waals surface area (Å²) in [4.78, 5) is 25.1. The molecule has 29 heavy (non-hydrogen) atoms. The van der Waals surface area contributed by atoms with Crippen molar-refractivity contribution in [3.8, 4) is 0 Å². The number of rotatable bonds is 7. The third-order valence-electron chi connectivity index (χ3n) is 4.70. The molecule has 150 valence electrons. The van der Waals surface area contributed by atoms with Crippen LogP contribution < -0.4 is 10.6 Å². The Hall–Kier alpha value is -3.28. The number of nitrogens with zero attached hydrogens (tertiary/aromatic N) is 3. The first kappa shape index (κ1) is 20.5. The van der Waals surface area contributed by atoms with Gasteiger partial charge in [0, 0.05) is 37.0 Å². The Morgan fingerprint density at radius 1 is 0.931 bits per heavy atom. The zero-order valence-electron chi connectivity index (χ0n) is 17.3. The molecule has 2 N–H and O–H groups in total. The third-order valence-corrected chi connectivity index (χ3v) is 4.70. The molecule has 0 unspecified atom stereocenters. The van der Waals surface area contributed by atoms with Crippen LogP contribution in [0.2, 0.25) is 0 Å². The number of para-hydroxylation sites is 1.